The summed E-state index contributed by atoms with van der Waals surface area (Å²) in [5, 5.41) is 7.33. The van der Waals surface area contributed by atoms with Gasteiger partial charge in [0.25, 0.3) is 0 Å². The summed E-state index contributed by atoms with van der Waals surface area (Å²) >= 11 is 7.57. The van der Waals surface area contributed by atoms with Crippen molar-refractivity contribution in [2.24, 2.45) is 0 Å². The molecule has 0 aliphatic carbocycles. The molecule has 0 fully saturated rings. The summed E-state index contributed by atoms with van der Waals surface area (Å²) in [5.74, 6) is 0. The molecule has 0 saturated heterocycles. The standard InChI is InChI=1S/C13H15ClN2S/c1-2-15-8-12-9-17-13(16-12)7-10-3-5-11(14)6-4-10/h3-6,9,15H,2,7-8H2,1H3. The molecule has 1 N–H and O–H groups in total. The molecule has 17 heavy (non-hydrogen) atoms. The molecule has 0 radical (unpaired) electrons. The van der Waals surface area contributed by atoms with Crippen molar-refractivity contribution >= 4 is 22.9 Å². The Hall–Kier alpha value is -0.900. The minimum Gasteiger partial charge on any atom is -0.311 e. The largest absolute Gasteiger partial charge is 0.311 e. The van der Waals surface area contributed by atoms with E-state index in [0.29, 0.717) is 0 Å². The first-order valence-electron chi connectivity index (χ1n) is 5.66. The summed E-state index contributed by atoms with van der Waals surface area (Å²) in [6, 6.07) is 7.94. The van der Waals surface area contributed by atoms with E-state index < -0.39 is 0 Å². The minimum atomic E-state index is 0.778. The average molecular weight is 267 g/mol. The molecule has 1 heterocycles. The van der Waals surface area contributed by atoms with Gasteiger partial charge in [0.2, 0.25) is 0 Å². The topological polar surface area (TPSA) is 24.9 Å². The summed E-state index contributed by atoms with van der Waals surface area (Å²) in [4.78, 5) is 4.59. The van der Waals surface area contributed by atoms with Gasteiger partial charge in [-0.15, -0.1) is 11.3 Å². The van der Waals surface area contributed by atoms with E-state index in [1.165, 1.54) is 5.56 Å². The van der Waals surface area contributed by atoms with E-state index in [-0.39, 0.29) is 0 Å². The Morgan fingerprint density at radius 2 is 2.06 bits per heavy atom. The van der Waals surface area contributed by atoms with Crippen LogP contribution >= 0.6 is 22.9 Å². The first-order valence-corrected chi connectivity index (χ1v) is 6.92. The lowest BCUT2D eigenvalue weighted by molar-refractivity contribution is 0.712. The Labute approximate surface area is 111 Å². The molecule has 0 atom stereocenters. The Kier molecular flexibility index (Phi) is 4.54. The predicted molar refractivity (Wildman–Crippen MR) is 73.8 cm³/mol. The first kappa shape index (κ1) is 12.6. The van der Waals surface area contributed by atoms with Crippen molar-refractivity contribution in [3.63, 3.8) is 0 Å². The highest BCUT2D eigenvalue weighted by Crippen LogP contribution is 2.16. The molecule has 90 valence electrons. The van der Waals surface area contributed by atoms with Crippen molar-refractivity contribution in [1.29, 1.82) is 0 Å². The molecular weight excluding hydrogens is 252 g/mol. The van der Waals surface area contributed by atoms with Gasteiger partial charge in [-0.3, -0.25) is 0 Å². The van der Waals surface area contributed by atoms with Crippen molar-refractivity contribution in [3.05, 3.63) is 50.9 Å². The second-order valence-corrected chi connectivity index (χ2v) is 5.20. The molecule has 2 aromatic rings. The molecule has 0 aliphatic heterocycles. The fraction of sp³-hybridized carbons (Fsp3) is 0.308. The third-order valence-electron chi connectivity index (χ3n) is 2.42. The van der Waals surface area contributed by atoms with Gasteiger partial charge < -0.3 is 5.32 Å². The predicted octanol–water partition coefficient (Wildman–Crippen LogP) is 3.50. The van der Waals surface area contributed by atoms with Gasteiger partial charge in [0.05, 0.1) is 10.7 Å². The molecule has 4 heteroatoms. The van der Waals surface area contributed by atoms with Crippen LogP contribution in [0.25, 0.3) is 0 Å². The zero-order valence-electron chi connectivity index (χ0n) is 9.74. The van der Waals surface area contributed by atoms with E-state index >= 15 is 0 Å². The summed E-state index contributed by atoms with van der Waals surface area (Å²) in [6.45, 7) is 3.93. The molecule has 0 saturated carbocycles. The van der Waals surface area contributed by atoms with Crippen LogP contribution in [0.5, 0.6) is 0 Å². The van der Waals surface area contributed by atoms with Crippen LogP contribution in [0, 0.1) is 0 Å². The van der Waals surface area contributed by atoms with Crippen molar-refractivity contribution in [2.45, 2.75) is 19.9 Å². The Morgan fingerprint density at radius 3 is 2.76 bits per heavy atom. The highest BCUT2D eigenvalue weighted by molar-refractivity contribution is 7.09. The number of hydrogen-bond acceptors (Lipinski definition) is 3. The molecule has 0 aliphatic rings. The fourth-order valence-corrected chi connectivity index (χ4v) is 2.50. The number of aromatic nitrogens is 1. The van der Waals surface area contributed by atoms with Crippen LogP contribution in [0.2, 0.25) is 5.02 Å². The molecule has 2 nitrogen and oxygen atoms in total. The van der Waals surface area contributed by atoms with Gasteiger partial charge >= 0.3 is 0 Å². The van der Waals surface area contributed by atoms with Crippen LogP contribution < -0.4 is 5.32 Å². The van der Waals surface area contributed by atoms with E-state index in [1.54, 1.807) is 11.3 Å². The number of nitrogens with zero attached hydrogens (tertiary/aromatic N) is 1. The Bertz CT molecular complexity index is 465. The van der Waals surface area contributed by atoms with E-state index in [1.807, 2.05) is 24.3 Å². The Balaban J connectivity index is 1.98. The highest BCUT2D eigenvalue weighted by atomic mass is 35.5. The molecular formula is C13H15ClN2S. The third-order valence-corrected chi connectivity index (χ3v) is 3.57. The van der Waals surface area contributed by atoms with Gasteiger partial charge in [0.15, 0.2) is 0 Å². The molecule has 0 spiro atoms. The van der Waals surface area contributed by atoms with E-state index in [9.17, 15) is 0 Å². The maximum atomic E-state index is 5.85. The van der Waals surface area contributed by atoms with Crippen molar-refractivity contribution in [2.75, 3.05) is 6.54 Å². The number of hydrogen-bond donors (Lipinski definition) is 1. The number of rotatable bonds is 5. The van der Waals surface area contributed by atoms with Crippen LogP contribution in [-0.4, -0.2) is 11.5 Å². The maximum absolute atomic E-state index is 5.85. The zero-order chi connectivity index (χ0) is 12.1. The zero-order valence-corrected chi connectivity index (χ0v) is 11.3. The highest BCUT2D eigenvalue weighted by Gasteiger charge is 2.02. The smallest absolute Gasteiger partial charge is 0.0972 e. The monoisotopic (exact) mass is 266 g/mol. The molecule has 1 aromatic carbocycles. The van der Waals surface area contributed by atoms with E-state index in [0.717, 1.165) is 35.2 Å². The summed E-state index contributed by atoms with van der Waals surface area (Å²) in [7, 11) is 0. The molecule has 0 amide bonds. The van der Waals surface area contributed by atoms with Gasteiger partial charge in [-0.05, 0) is 24.2 Å². The molecule has 2 rings (SSSR count). The van der Waals surface area contributed by atoms with Crippen LogP contribution in [0.1, 0.15) is 23.2 Å². The first-order chi connectivity index (χ1) is 8.28. The lowest BCUT2D eigenvalue weighted by atomic mass is 10.2. The second kappa shape index (κ2) is 6.15. The van der Waals surface area contributed by atoms with Gasteiger partial charge in [-0.1, -0.05) is 30.7 Å². The summed E-state index contributed by atoms with van der Waals surface area (Å²) < 4.78 is 0. The minimum absolute atomic E-state index is 0.778. The summed E-state index contributed by atoms with van der Waals surface area (Å²) in [5.41, 5.74) is 2.37. The van der Waals surface area contributed by atoms with Gasteiger partial charge in [0, 0.05) is 23.4 Å². The van der Waals surface area contributed by atoms with E-state index in [2.05, 4.69) is 22.6 Å². The SMILES string of the molecule is CCNCc1csc(Cc2ccc(Cl)cc2)n1. The molecule has 1 aromatic heterocycles. The Morgan fingerprint density at radius 1 is 1.29 bits per heavy atom. The lowest BCUT2D eigenvalue weighted by Crippen LogP contribution is -2.11. The lowest BCUT2D eigenvalue weighted by Gasteiger charge is -1.98. The number of halogens is 1. The quantitative estimate of drug-likeness (QED) is 0.896. The van der Waals surface area contributed by atoms with Gasteiger partial charge in [-0.25, -0.2) is 4.98 Å². The van der Waals surface area contributed by atoms with Crippen LogP contribution in [0.4, 0.5) is 0 Å². The second-order valence-electron chi connectivity index (χ2n) is 3.82. The van der Waals surface area contributed by atoms with Gasteiger partial charge in [0.1, 0.15) is 0 Å². The number of benzene rings is 1. The van der Waals surface area contributed by atoms with E-state index in [4.69, 9.17) is 11.6 Å². The number of thiazole rings is 1. The fourth-order valence-electron chi connectivity index (χ4n) is 1.54. The van der Waals surface area contributed by atoms with Crippen LogP contribution in [0.15, 0.2) is 29.6 Å². The van der Waals surface area contributed by atoms with Crippen molar-refractivity contribution in [3.8, 4) is 0 Å². The maximum Gasteiger partial charge on any atom is 0.0972 e. The van der Waals surface area contributed by atoms with Crippen molar-refractivity contribution < 1.29 is 0 Å². The molecule has 0 bridgehead atoms. The van der Waals surface area contributed by atoms with Crippen molar-refractivity contribution in [1.82, 2.24) is 10.3 Å². The molecule has 0 unspecified atom stereocenters. The average Bonchev–Trinajstić information content (AvgIpc) is 2.77. The number of nitrogens with one attached hydrogen (secondary N) is 1. The third kappa shape index (κ3) is 3.80. The normalized spacial score (nSPS) is 10.7. The van der Waals surface area contributed by atoms with Crippen LogP contribution in [0.3, 0.4) is 0 Å². The summed E-state index contributed by atoms with van der Waals surface area (Å²) in [6.07, 6.45) is 0.883. The van der Waals surface area contributed by atoms with Crippen LogP contribution in [-0.2, 0) is 13.0 Å². The van der Waals surface area contributed by atoms with Gasteiger partial charge in [-0.2, -0.15) is 0 Å².